The average Bonchev–Trinajstić information content (AvgIpc) is 3.40. The molecule has 33 heavy (non-hydrogen) atoms. The summed E-state index contributed by atoms with van der Waals surface area (Å²) >= 11 is 0. The molecule has 2 atom stereocenters. The quantitative estimate of drug-likeness (QED) is 0.421. The molecule has 3 aromatic heterocycles. The molecule has 3 heterocycles. The highest BCUT2D eigenvalue weighted by atomic mass is 19.1. The molecule has 2 aliphatic carbocycles. The molecule has 2 aliphatic rings. The Hall–Kier alpha value is -3.55. The summed E-state index contributed by atoms with van der Waals surface area (Å²) in [6.07, 6.45) is 3.46. The summed E-state index contributed by atoms with van der Waals surface area (Å²) in [7, 11) is 0. The van der Waals surface area contributed by atoms with E-state index in [1.165, 1.54) is 18.2 Å². The van der Waals surface area contributed by atoms with Crippen LogP contribution in [0.1, 0.15) is 55.4 Å². The van der Waals surface area contributed by atoms with Gasteiger partial charge < -0.3 is 4.52 Å². The van der Waals surface area contributed by atoms with Gasteiger partial charge in [0, 0.05) is 12.3 Å². The van der Waals surface area contributed by atoms with Crippen LogP contribution in [0.4, 0.5) is 8.78 Å². The molecule has 2 bridgehead atoms. The molecule has 0 amide bonds. The molecule has 6 rings (SSSR count). The van der Waals surface area contributed by atoms with Gasteiger partial charge >= 0.3 is 0 Å². The number of hydrogen-bond donors (Lipinski definition) is 0. The lowest BCUT2D eigenvalue weighted by atomic mass is 9.67. The van der Waals surface area contributed by atoms with Crippen LogP contribution in [0.2, 0.25) is 0 Å². The Balaban J connectivity index is 1.53. The first-order valence-corrected chi connectivity index (χ1v) is 10.9. The van der Waals surface area contributed by atoms with Crippen molar-refractivity contribution >= 4 is 0 Å². The molecule has 0 aliphatic heterocycles. The number of hydrogen-bond acceptors (Lipinski definition) is 6. The van der Waals surface area contributed by atoms with Crippen LogP contribution in [0.25, 0.3) is 22.6 Å². The van der Waals surface area contributed by atoms with Gasteiger partial charge in [-0.05, 0) is 60.9 Å². The second kappa shape index (κ2) is 6.73. The lowest BCUT2D eigenvalue weighted by molar-refractivity contribution is 0.237. The van der Waals surface area contributed by atoms with Gasteiger partial charge in [-0.15, -0.1) is 5.10 Å². The minimum atomic E-state index is -0.652. The fourth-order valence-electron chi connectivity index (χ4n) is 5.88. The first kappa shape index (κ1) is 20.1. The molecule has 0 radical (unpaired) electrons. The molecular formula is C25H21F2N5O. The van der Waals surface area contributed by atoms with Crippen molar-refractivity contribution in [2.24, 2.45) is 5.41 Å². The average molecular weight is 445 g/mol. The smallest absolute Gasteiger partial charge is 0.141 e. The van der Waals surface area contributed by atoms with Crippen molar-refractivity contribution in [2.45, 2.75) is 44.9 Å². The van der Waals surface area contributed by atoms with Crippen LogP contribution >= 0.6 is 0 Å². The van der Waals surface area contributed by atoms with Gasteiger partial charge in [-0.3, -0.25) is 0 Å². The van der Waals surface area contributed by atoms with E-state index in [0.717, 1.165) is 24.1 Å². The van der Waals surface area contributed by atoms with Crippen molar-refractivity contribution in [1.29, 1.82) is 0 Å². The van der Waals surface area contributed by atoms with E-state index in [2.05, 4.69) is 34.2 Å². The minimum absolute atomic E-state index is 0.151. The van der Waals surface area contributed by atoms with Crippen molar-refractivity contribution in [3.05, 3.63) is 77.1 Å². The number of rotatable bonds is 3. The molecule has 4 aromatic rings. The maximum Gasteiger partial charge on any atom is 0.141 e. The fourth-order valence-corrected chi connectivity index (χ4v) is 5.88. The van der Waals surface area contributed by atoms with Gasteiger partial charge in [-0.25, -0.2) is 18.7 Å². The van der Waals surface area contributed by atoms with Crippen LogP contribution < -0.4 is 0 Å². The van der Waals surface area contributed by atoms with E-state index in [-0.39, 0.29) is 22.6 Å². The third-order valence-electron chi connectivity index (χ3n) is 7.53. The zero-order valence-corrected chi connectivity index (χ0v) is 18.4. The third kappa shape index (κ3) is 2.60. The van der Waals surface area contributed by atoms with Crippen LogP contribution in [0.5, 0.6) is 0 Å². The summed E-state index contributed by atoms with van der Waals surface area (Å²) in [6, 6.07) is 9.25. The van der Waals surface area contributed by atoms with E-state index < -0.39 is 17.0 Å². The van der Waals surface area contributed by atoms with Crippen LogP contribution in [-0.4, -0.2) is 25.3 Å². The van der Waals surface area contributed by atoms with Gasteiger partial charge in [0.05, 0.1) is 28.1 Å². The number of benzene rings is 1. The monoisotopic (exact) mass is 445 g/mol. The van der Waals surface area contributed by atoms with Crippen molar-refractivity contribution in [1.82, 2.24) is 25.3 Å². The van der Waals surface area contributed by atoms with Crippen molar-refractivity contribution in [2.75, 3.05) is 0 Å². The number of aryl methyl sites for hydroxylation is 1. The van der Waals surface area contributed by atoms with Gasteiger partial charge in [0.15, 0.2) is 0 Å². The molecule has 1 aromatic carbocycles. The lowest BCUT2D eigenvalue weighted by Gasteiger charge is -2.36. The summed E-state index contributed by atoms with van der Waals surface area (Å²) in [4.78, 5) is 9.56. The maximum absolute atomic E-state index is 14.4. The Morgan fingerprint density at radius 2 is 1.79 bits per heavy atom. The maximum atomic E-state index is 14.4. The Kier molecular flexibility index (Phi) is 4.09. The van der Waals surface area contributed by atoms with Crippen LogP contribution in [0.3, 0.4) is 0 Å². The van der Waals surface area contributed by atoms with E-state index in [9.17, 15) is 8.78 Å². The fraction of sp³-hybridized carbons (Fsp3) is 0.320. The highest BCUT2D eigenvalue weighted by Gasteiger charge is 2.65. The summed E-state index contributed by atoms with van der Waals surface area (Å²) in [6.45, 7) is 6.21. The largest absolute Gasteiger partial charge is 0.361 e. The second-order valence-electron chi connectivity index (χ2n) is 9.44. The summed E-state index contributed by atoms with van der Waals surface area (Å²) in [5.74, 6) is 0.208. The SMILES string of the molecule is Cc1cc(-c2ccnc([C@@]34CC[C@@H](c5cc(-c6c(F)cccc6F)nnc53)C4(C)C)n2)no1. The minimum Gasteiger partial charge on any atom is -0.361 e. The predicted molar refractivity (Wildman–Crippen MR) is 116 cm³/mol. The molecule has 0 unspecified atom stereocenters. The first-order valence-electron chi connectivity index (χ1n) is 10.9. The van der Waals surface area contributed by atoms with Gasteiger partial charge in [0.25, 0.3) is 0 Å². The van der Waals surface area contributed by atoms with Crippen LogP contribution in [0, 0.1) is 24.0 Å². The number of nitrogens with zero attached hydrogens (tertiary/aromatic N) is 5. The number of halogens is 2. The topological polar surface area (TPSA) is 77.6 Å². The Bertz CT molecular complexity index is 1400. The van der Waals surface area contributed by atoms with E-state index in [4.69, 9.17) is 9.51 Å². The summed E-state index contributed by atoms with van der Waals surface area (Å²) in [5, 5.41) is 12.9. The Morgan fingerprint density at radius 3 is 2.52 bits per heavy atom. The van der Waals surface area contributed by atoms with E-state index in [0.29, 0.717) is 23.0 Å². The normalized spacial score (nSPS) is 22.5. The molecule has 1 fully saturated rings. The van der Waals surface area contributed by atoms with E-state index in [1.54, 1.807) is 12.3 Å². The first-order chi connectivity index (χ1) is 15.8. The number of aromatic nitrogens is 5. The highest BCUT2D eigenvalue weighted by Crippen LogP contribution is 2.69. The molecule has 0 N–H and O–H groups in total. The van der Waals surface area contributed by atoms with Gasteiger partial charge in [-0.1, -0.05) is 25.1 Å². The summed E-state index contributed by atoms with van der Waals surface area (Å²) in [5.41, 5.74) is 2.32. The van der Waals surface area contributed by atoms with Gasteiger partial charge in [-0.2, -0.15) is 5.10 Å². The Morgan fingerprint density at radius 1 is 1.00 bits per heavy atom. The van der Waals surface area contributed by atoms with Crippen LogP contribution in [0.15, 0.2) is 47.1 Å². The molecular weight excluding hydrogens is 424 g/mol. The zero-order valence-electron chi connectivity index (χ0n) is 18.4. The molecule has 6 nitrogen and oxygen atoms in total. The zero-order chi connectivity index (χ0) is 23.0. The van der Waals surface area contributed by atoms with Gasteiger partial charge in [0.2, 0.25) is 0 Å². The van der Waals surface area contributed by atoms with Gasteiger partial charge in [0.1, 0.15) is 28.9 Å². The predicted octanol–water partition coefficient (Wildman–Crippen LogP) is 5.38. The van der Waals surface area contributed by atoms with Crippen molar-refractivity contribution < 1.29 is 13.3 Å². The van der Waals surface area contributed by atoms with Crippen molar-refractivity contribution in [3.63, 3.8) is 0 Å². The molecule has 166 valence electrons. The lowest BCUT2D eigenvalue weighted by Crippen LogP contribution is -2.38. The molecule has 8 heteroatoms. The molecule has 0 saturated heterocycles. The second-order valence-corrected chi connectivity index (χ2v) is 9.44. The van der Waals surface area contributed by atoms with Crippen molar-refractivity contribution in [3.8, 4) is 22.6 Å². The standard InChI is InChI=1S/C25H21F2N5O/c1-13-11-19(32-33-13)18-8-10-28-23(29-18)25-9-7-15(24(25,2)3)14-12-20(30-31-22(14)25)21-16(26)5-4-6-17(21)27/h4-6,8,10-12,15H,7,9H2,1-3H3/t15-,25+/m0/s1. The van der Waals surface area contributed by atoms with E-state index in [1.807, 2.05) is 19.1 Å². The molecule has 1 saturated carbocycles. The summed E-state index contributed by atoms with van der Waals surface area (Å²) < 4.78 is 34.1. The number of fused-ring (bicyclic) bond motifs is 5. The van der Waals surface area contributed by atoms with Crippen LogP contribution in [-0.2, 0) is 5.41 Å². The third-order valence-corrected chi connectivity index (χ3v) is 7.53. The Labute approximate surface area is 189 Å². The van der Waals surface area contributed by atoms with E-state index >= 15 is 0 Å². The molecule has 0 spiro atoms. The highest BCUT2D eigenvalue weighted by molar-refractivity contribution is 5.64.